The van der Waals surface area contributed by atoms with E-state index < -0.39 is 18.0 Å². The van der Waals surface area contributed by atoms with Crippen molar-refractivity contribution in [3.63, 3.8) is 0 Å². The number of methoxy groups -OCH3 is 1. The van der Waals surface area contributed by atoms with E-state index in [1.54, 1.807) is 12.1 Å². The molecule has 0 spiro atoms. The Morgan fingerprint density at radius 1 is 1.38 bits per heavy atom. The zero-order valence-corrected chi connectivity index (χ0v) is 12.7. The highest BCUT2D eigenvalue weighted by Gasteiger charge is 2.39. The Bertz CT molecular complexity index is 567. The van der Waals surface area contributed by atoms with Crippen molar-refractivity contribution in [3.05, 3.63) is 28.2 Å². The van der Waals surface area contributed by atoms with Crippen molar-refractivity contribution < 1.29 is 19.4 Å². The third-order valence-electron chi connectivity index (χ3n) is 3.31. The number of aliphatic carboxylic acids is 1. The molecule has 6 nitrogen and oxygen atoms in total. The molecule has 1 aliphatic rings. The van der Waals surface area contributed by atoms with Gasteiger partial charge in [-0.1, -0.05) is 23.2 Å². The molecule has 0 bridgehead atoms. The van der Waals surface area contributed by atoms with Crippen LogP contribution in [0, 0.1) is 0 Å². The standard InChI is InChI=1S/C13H14Cl2N2O4/c1-21-8-5-11(12(18)19)17(6-8)13(20)16-7-2-3-9(14)10(15)4-7/h2-4,8,11H,5-6H2,1H3,(H,16,20)(H,18,19). The van der Waals surface area contributed by atoms with E-state index in [1.807, 2.05) is 0 Å². The minimum Gasteiger partial charge on any atom is -0.480 e. The molecule has 0 aromatic heterocycles. The molecule has 114 valence electrons. The number of carbonyl (C=O) groups is 2. The highest BCUT2D eigenvalue weighted by atomic mass is 35.5. The summed E-state index contributed by atoms with van der Waals surface area (Å²) in [6.45, 7) is 0.223. The molecule has 2 amide bonds. The SMILES string of the molecule is COC1CC(C(=O)O)N(C(=O)Nc2ccc(Cl)c(Cl)c2)C1. The van der Waals surface area contributed by atoms with Crippen LogP contribution in [0.15, 0.2) is 18.2 Å². The molecule has 8 heteroatoms. The van der Waals surface area contributed by atoms with Gasteiger partial charge in [-0.05, 0) is 18.2 Å². The number of anilines is 1. The van der Waals surface area contributed by atoms with Crippen LogP contribution in [0.2, 0.25) is 10.0 Å². The first-order chi connectivity index (χ1) is 9.92. The van der Waals surface area contributed by atoms with Crippen LogP contribution in [0.25, 0.3) is 0 Å². The van der Waals surface area contributed by atoms with Crippen molar-refractivity contribution in [2.75, 3.05) is 19.0 Å². The summed E-state index contributed by atoms with van der Waals surface area (Å²) < 4.78 is 5.13. The van der Waals surface area contributed by atoms with Crippen LogP contribution in [-0.2, 0) is 9.53 Å². The number of benzene rings is 1. The lowest BCUT2D eigenvalue weighted by Crippen LogP contribution is -2.43. The lowest BCUT2D eigenvalue weighted by atomic mass is 10.2. The molecule has 1 saturated heterocycles. The number of rotatable bonds is 3. The van der Waals surface area contributed by atoms with Gasteiger partial charge in [-0.15, -0.1) is 0 Å². The highest BCUT2D eigenvalue weighted by Crippen LogP contribution is 2.26. The van der Waals surface area contributed by atoms with Gasteiger partial charge in [0.25, 0.3) is 0 Å². The van der Waals surface area contributed by atoms with Gasteiger partial charge < -0.3 is 20.1 Å². The minimum atomic E-state index is -1.06. The molecule has 1 aliphatic heterocycles. The van der Waals surface area contributed by atoms with Crippen molar-refractivity contribution in [3.8, 4) is 0 Å². The van der Waals surface area contributed by atoms with Crippen LogP contribution in [-0.4, -0.2) is 47.8 Å². The molecule has 21 heavy (non-hydrogen) atoms. The van der Waals surface area contributed by atoms with Crippen LogP contribution in [0.1, 0.15) is 6.42 Å². The van der Waals surface area contributed by atoms with Crippen LogP contribution in [0.5, 0.6) is 0 Å². The summed E-state index contributed by atoms with van der Waals surface area (Å²) in [7, 11) is 1.49. The Kier molecular flexibility index (Phi) is 4.92. The van der Waals surface area contributed by atoms with Crippen LogP contribution in [0.4, 0.5) is 10.5 Å². The number of halogens is 2. The van der Waals surface area contributed by atoms with E-state index in [-0.39, 0.29) is 19.1 Å². The molecule has 2 unspecified atom stereocenters. The predicted octanol–water partition coefficient (Wildman–Crippen LogP) is 2.70. The number of likely N-dealkylation sites (tertiary alicyclic amines) is 1. The average Bonchev–Trinajstić information content (AvgIpc) is 2.87. The summed E-state index contributed by atoms with van der Waals surface area (Å²) in [6.07, 6.45) is -0.0219. The van der Waals surface area contributed by atoms with Crippen molar-refractivity contribution in [1.29, 1.82) is 0 Å². The Labute approximate surface area is 131 Å². The fourth-order valence-electron chi connectivity index (χ4n) is 2.20. The van der Waals surface area contributed by atoms with Crippen molar-refractivity contribution >= 4 is 40.9 Å². The summed E-state index contributed by atoms with van der Waals surface area (Å²) in [5.41, 5.74) is 0.444. The number of nitrogens with one attached hydrogen (secondary N) is 1. The zero-order valence-electron chi connectivity index (χ0n) is 11.2. The molecule has 0 saturated carbocycles. The number of hydrogen-bond donors (Lipinski definition) is 2. The molecule has 2 atom stereocenters. The maximum absolute atomic E-state index is 12.2. The summed E-state index contributed by atoms with van der Waals surface area (Å²) in [4.78, 5) is 24.7. The first-order valence-corrected chi connectivity index (χ1v) is 6.96. The maximum atomic E-state index is 12.2. The third kappa shape index (κ3) is 3.58. The van der Waals surface area contributed by atoms with Gasteiger partial charge in [-0.25, -0.2) is 9.59 Å². The maximum Gasteiger partial charge on any atom is 0.326 e. The van der Waals surface area contributed by atoms with E-state index in [4.69, 9.17) is 27.9 Å². The Morgan fingerprint density at radius 3 is 2.67 bits per heavy atom. The topological polar surface area (TPSA) is 78.9 Å². The predicted molar refractivity (Wildman–Crippen MR) is 79.0 cm³/mol. The molecule has 1 heterocycles. The van der Waals surface area contributed by atoms with Gasteiger partial charge in [0.2, 0.25) is 0 Å². The van der Waals surface area contributed by atoms with E-state index in [0.29, 0.717) is 15.7 Å². The van der Waals surface area contributed by atoms with Gasteiger partial charge in [-0.3, -0.25) is 0 Å². The van der Waals surface area contributed by atoms with Gasteiger partial charge in [0, 0.05) is 25.8 Å². The monoisotopic (exact) mass is 332 g/mol. The summed E-state index contributed by atoms with van der Waals surface area (Å²) in [6, 6.07) is 3.22. The summed E-state index contributed by atoms with van der Waals surface area (Å²) >= 11 is 11.7. The largest absolute Gasteiger partial charge is 0.480 e. The lowest BCUT2D eigenvalue weighted by Gasteiger charge is -2.21. The van der Waals surface area contributed by atoms with Crippen LogP contribution < -0.4 is 5.32 Å². The zero-order chi connectivity index (χ0) is 15.6. The normalized spacial score (nSPS) is 21.4. The number of amides is 2. The molecular weight excluding hydrogens is 319 g/mol. The Balaban J connectivity index is 2.11. The van der Waals surface area contributed by atoms with Crippen LogP contribution in [0.3, 0.4) is 0 Å². The number of carboxylic acids is 1. The lowest BCUT2D eigenvalue weighted by molar-refractivity contribution is -0.141. The molecule has 0 aliphatic carbocycles. The molecule has 1 fully saturated rings. The summed E-state index contributed by atoms with van der Waals surface area (Å²) in [5.74, 6) is -1.06. The van der Waals surface area contributed by atoms with Gasteiger partial charge in [0.05, 0.1) is 16.1 Å². The van der Waals surface area contributed by atoms with Gasteiger partial charge in [-0.2, -0.15) is 0 Å². The molecule has 2 N–H and O–H groups in total. The van der Waals surface area contributed by atoms with E-state index in [1.165, 1.54) is 18.1 Å². The van der Waals surface area contributed by atoms with Crippen molar-refractivity contribution in [1.82, 2.24) is 4.90 Å². The number of urea groups is 1. The smallest absolute Gasteiger partial charge is 0.326 e. The van der Waals surface area contributed by atoms with Gasteiger partial charge >= 0.3 is 12.0 Å². The van der Waals surface area contributed by atoms with E-state index in [9.17, 15) is 14.7 Å². The second-order valence-corrected chi connectivity index (χ2v) is 5.47. The molecular formula is C13H14Cl2N2O4. The second-order valence-electron chi connectivity index (χ2n) is 4.66. The van der Waals surface area contributed by atoms with Gasteiger partial charge in [0.15, 0.2) is 0 Å². The van der Waals surface area contributed by atoms with Crippen LogP contribution >= 0.6 is 23.2 Å². The number of nitrogens with zero attached hydrogens (tertiary/aromatic N) is 1. The first-order valence-electron chi connectivity index (χ1n) is 6.20. The average molecular weight is 333 g/mol. The molecule has 1 aromatic rings. The summed E-state index contributed by atoms with van der Waals surface area (Å²) in [5, 5.41) is 12.5. The van der Waals surface area contributed by atoms with E-state index >= 15 is 0 Å². The first kappa shape index (κ1) is 15.9. The third-order valence-corrected chi connectivity index (χ3v) is 4.05. The minimum absolute atomic E-state index is 0.223. The fraction of sp³-hybridized carbons (Fsp3) is 0.385. The fourth-order valence-corrected chi connectivity index (χ4v) is 2.49. The second kappa shape index (κ2) is 6.51. The number of carboxylic acid groups (broad SMARTS) is 1. The quantitative estimate of drug-likeness (QED) is 0.891. The number of hydrogen-bond acceptors (Lipinski definition) is 3. The van der Waals surface area contributed by atoms with Gasteiger partial charge in [0.1, 0.15) is 6.04 Å². The van der Waals surface area contributed by atoms with E-state index in [0.717, 1.165) is 0 Å². The van der Waals surface area contributed by atoms with Crippen molar-refractivity contribution in [2.45, 2.75) is 18.6 Å². The Hall–Kier alpha value is -1.50. The van der Waals surface area contributed by atoms with E-state index in [2.05, 4.69) is 5.32 Å². The molecule has 0 radical (unpaired) electrons. The highest BCUT2D eigenvalue weighted by molar-refractivity contribution is 6.42. The van der Waals surface area contributed by atoms with Crippen molar-refractivity contribution in [2.24, 2.45) is 0 Å². The Morgan fingerprint density at radius 2 is 2.10 bits per heavy atom. The molecule has 1 aromatic carbocycles. The number of ether oxygens (including phenoxy) is 1. The number of carbonyl (C=O) groups excluding carboxylic acids is 1. The molecule has 2 rings (SSSR count).